The SMILES string of the molecule is CCCNC(=O)/C(C#N)=C/c1ccc(OC(=O)COc2cccc(Br)c2)c(OC)c1. The first kappa shape index (κ1) is 23.0. The maximum atomic E-state index is 12.1. The second-order valence-electron chi connectivity index (χ2n) is 6.06. The van der Waals surface area contributed by atoms with E-state index in [0.29, 0.717) is 17.9 Å². The van der Waals surface area contributed by atoms with Gasteiger partial charge in [0.05, 0.1) is 7.11 Å². The van der Waals surface area contributed by atoms with Crippen molar-refractivity contribution < 1.29 is 23.8 Å². The van der Waals surface area contributed by atoms with Crippen molar-refractivity contribution in [1.82, 2.24) is 5.32 Å². The molecule has 7 nitrogen and oxygen atoms in total. The number of hydrogen-bond acceptors (Lipinski definition) is 6. The Bertz CT molecular complexity index is 982. The average Bonchev–Trinajstić information content (AvgIpc) is 2.75. The van der Waals surface area contributed by atoms with Crippen LogP contribution in [-0.4, -0.2) is 32.1 Å². The van der Waals surface area contributed by atoms with Gasteiger partial charge in [0.1, 0.15) is 17.4 Å². The van der Waals surface area contributed by atoms with E-state index in [2.05, 4.69) is 21.2 Å². The molecule has 30 heavy (non-hydrogen) atoms. The van der Waals surface area contributed by atoms with Crippen LogP contribution >= 0.6 is 15.9 Å². The number of nitriles is 1. The summed E-state index contributed by atoms with van der Waals surface area (Å²) in [5.41, 5.74) is 0.526. The number of hydrogen-bond donors (Lipinski definition) is 1. The van der Waals surface area contributed by atoms with Crippen LogP contribution in [0.1, 0.15) is 18.9 Å². The number of benzene rings is 2. The average molecular weight is 473 g/mol. The number of esters is 1. The minimum absolute atomic E-state index is 0.0299. The summed E-state index contributed by atoms with van der Waals surface area (Å²) in [6.45, 7) is 2.13. The summed E-state index contributed by atoms with van der Waals surface area (Å²) in [5.74, 6) is -0.0388. The fourth-order valence-electron chi connectivity index (χ4n) is 2.36. The van der Waals surface area contributed by atoms with Crippen LogP contribution in [0.5, 0.6) is 17.2 Å². The third-order valence-electron chi connectivity index (χ3n) is 3.78. The van der Waals surface area contributed by atoms with Crippen LogP contribution < -0.4 is 19.5 Å². The molecule has 2 aromatic rings. The quantitative estimate of drug-likeness (QED) is 0.257. The van der Waals surface area contributed by atoms with Crippen molar-refractivity contribution >= 4 is 33.9 Å². The molecule has 2 rings (SSSR count). The number of nitrogens with zero attached hydrogens (tertiary/aromatic N) is 1. The van der Waals surface area contributed by atoms with Gasteiger partial charge in [-0.3, -0.25) is 4.79 Å². The van der Waals surface area contributed by atoms with Gasteiger partial charge in [-0.1, -0.05) is 35.0 Å². The molecule has 0 radical (unpaired) electrons. The molecule has 156 valence electrons. The van der Waals surface area contributed by atoms with E-state index in [9.17, 15) is 14.9 Å². The van der Waals surface area contributed by atoms with E-state index in [1.165, 1.54) is 19.3 Å². The van der Waals surface area contributed by atoms with Gasteiger partial charge in [0.2, 0.25) is 0 Å². The first-order valence-electron chi connectivity index (χ1n) is 9.14. The predicted molar refractivity (Wildman–Crippen MR) is 115 cm³/mol. The van der Waals surface area contributed by atoms with Gasteiger partial charge in [-0.15, -0.1) is 0 Å². The number of halogens is 1. The van der Waals surface area contributed by atoms with Crippen molar-refractivity contribution in [2.45, 2.75) is 13.3 Å². The van der Waals surface area contributed by atoms with E-state index in [-0.39, 0.29) is 23.7 Å². The monoisotopic (exact) mass is 472 g/mol. The molecule has 0 atom stereocenters. The molecule has 0 heterocycles. The predicted octanol–water partition coefficient (Wildman–Crippen LogP) is 3.88. The van der Waals surface area contributed by atoms with E-state index in [1.54, 1.807) is 30.3 Å². The van der Waals surface area contributed by atoms with Crippen LogP contribution in [0.3, 0.4) is 0 Å². The van der Waals surface area contributed by atoms with Crippen molar-refractivity contribution in [2.75, 3.05) is 20.3 Å². The van der Waals surface area contributed by atoms with Crippen molar-refractivity contribution in [2.24, 2.45) is 0 Å². The Kier molecular flexibility index (Phi) is 8.91. The van der Waals surface area contributed by atoms with Crippen molar-refractivity contribution in [1.29, 1.82) is 5.26 Å². The van der Waals surface area contributed by atoms with Crippen molar-refractivity contribution in [3.05, 3.63) is 58.1 Å². The molecule has 0 aromatic heterocycles. The van der Waals surface area contributed by atoms with E-state index in [0.717, 1.165) is 10.9 Å². The van der Waals surface area contributed by atoms with Gasteiger partial charge in [0.15, 0.2) is 18.1 Å². The van der Waals surface area contributed by atoms with Gasteiger partial charge in [0.25, 0.3) is 5.91 Å². The third kappa shape index (κ3) is 6.94. The summed E-state index contributed by atoms with van der Waals surface area (Å²) in [6, 6.07) is 13.7. The molecule has 1 amide bonds. The number of rotatable bonds is 9. The smallest absolute Gasteiger partial charge is 0.349 e. The third-order valence-corrected chi connectivity index (χ3v) is 4.27. The van der Waals surface area contributed by atoms with Crippen LogP contribution in [-0.2, 0) is 9.59 Å². The summed E-state index contributed by atoms with van der Waals surface area (Å²) in [5, 5.41) is 11.9. The Morgan fingerprint density at radius 1 is 1.20 bits per heavy atom. The van der Waals surface area contributed by atoms with E-state index in [1.807, 2.05) is 19.1 Å². The molecular formula is C22H21BrN2O5. The van der Waals surface area contributed by atoms with Crippen LogP contribution in [0.2, 0.25) is 0 Å². The highest BCUT2D eigenvalue weighted by Gasteiger charge is 2.13. The zero-order valence-corrected chi connectivity index (χ0v) is 18.2. The fraction of sp³-hybridized carbons (Fsp3) is 0.227. The summed E-state index contributed by atoms with van der Waals surface area (Å²) in [7, 11) is 1.43. The summed E-state index contributed by atoms with van der Waals surface area (Å²) in [4.78, 5) is 24.1. The number of carbonyl (C=O) groups is 2. The highest BCUT2D eigenvalue weighted by atomic mass is 79.9. The molecule has 0 bridgehead atoms. The Morgan fingerprint density at radius 3 is 2.67 bits per heavy atom. The zero-order valence-electron chi connectivity index (χ0n) is 16.6. The Balaban J connectivity index is 2.07. The lowest BCUT2D eigenvalue weighted by atomic mass is 10.1. The largest absolute Gasteiger partial charge is 0.493 e. The normalized spacial score (nSPS) is 10.7. The molecule has 0 unspecified atom stereocenters. The number of amides is 1. The van der Waals surface area contributed by atoms with Gasteiger partial charge in [0, 0.05) is 11.0 Å². The summed E-state index contributed by atoms with van der Waals surface area (Å²) >= 11 is 3.33. The molecule has 0 aliphatic rings. The summed E-state index contributed by atoms with van der Waals surface area (Å²) in [6.07, 6.45) is 2.21. The van der Waals surface area contributed by atoms with Crippen LogP contribution in [0.15, 0.2) is 52.5 Å². The highest BCUT2D eigenvalue weighted by molar-refractivity contribution is 9.10. The highest BCUT2D eigenvalue weighted by Crippen LogP contribution is 2.29. The molecule has 0 spiro atoms. The first-order chi connectivity index (χ1) is 14.5. The van der Waals surface area contributed by atoms with E-state index in [4.69, 9.17) is 14.2 Å². The number of nitrogens with one attached hydrogen (secondary N) is 1. The zero-order chi connectivity index (χ0) is 21.9. The Hall–Kier alpha value is -3.31. The lowest BCUT2D eigenvalue weighted by Crippen LogP contribution is -2.25. The molecule has 8 heteroatoms. The Morgan fingerprint density at radius 2 is 2.00 bits per heavy atom. The minimum atomic E-state index is -0.603. The topological polar surface area (TPSA) is 97.7 Å². The van der Waals surface area contributed by atoms with Crippen LogP contribution in [0.4, 0.5) is 0 Å². The molecule has 0 aliphatic heterocycles. The van der Waals surface area contributed by atoms with Crippen LogP contribution in [0.25, 0.3) is 6.08 Å². The van der Waals surface area contributed by atoms with Gasteiger partial charge in [-0.2, -0.15) is 5.26 Å². The first-order valence-corrected chi connectivity index (χ1v) is 9.93. The maximum Gasteiger partial charge on any atom is 0.349 e. The van der Waals surface area contributed by atoms with Gasteiger partial charge < -0.3 is 19.5 Å². The van der Waals surface area contributed by atoms with Crippen molar-refractivity contribution in [3.8, 4) is 23.3 Å². The number of carbonyl (C=O) groups excluding carboxylic acids is 2. The fourth-order valence-corrected chi connectivity index (χ4v) is 2.74. The molecule has 2 aromatic carbocycles. The number of methoxy groups -OCH3 is 1. The van der Waals surface area contributed by atoms with Crippen molar-refractivity contribution in [3.63, 3.8) is 0 Å². The van der Waals surface area contributed by atoms with Gasteiger partial charge in [-0.25, -0.2) is 4.79 Å². The van der Waals surface area contributed by atoms with E-state index >= 15 is 0 Å². The molecular weight excluding hydrogens is 452 g/mol. The standard InChI is InChI=1S/C22H21BrN2O5/c1-3-9-25-22(27)16(13-24)10-15-7-8-19(20(11-15)28-2)30-21(26)14-29-18-6-4-5-17(23)12-18/h4-8,10-12H,3,9,14H2,1-2H3,(H,25,27)/b16-10+. The second kappa shape index (κ2) is 11.6. The van der Waals surface area contributed by atoms with E-state index < -0.39 is 11.9 Å². The molecule has 0 aliphatic carbocycles. The molecule has 0 saturated carbocycles. The lowest BCUT2D eigenvalue weighted by molar-refractivity contribution is -0.136. The van der Waals surface area contributed by atoms with Crippen LogP contribution in [0, 0.1) is 11.3 Å². The number of ether oxygens (including phenoxy) is 3. The maximum absolute atomic E-state index is 12.1. The minimum Gasteiger partial charge on any atom is -0.493 e. The second-order valence-corrected chi connectivity index (χ2v) is 6.97. The molecule has 0 saturated heterocycles. The molecule has 1 N–H and O–H groups in total. The summed E-state index contributed by atoms with van der Waals surface area (Å²) < 4.78 is 16.8. The lowest BCUT2D eigenvalue weighted by Gasteiger charge is -2.11. The van der Waals surface area contributed by atoms with Gasteiger partial charge in [-0.05, 0) is 48.4 Å². The Labute approximate surface area is 183 Å². The molecule has 0 fully saturated rings. The van der Waals surface area contributed by atoms with Gasteiger partial charge >= 0.3 is 5.97 Å².